The Labute approximate surface area is 152 Å². The first kappa shape index (κ1) is 18.6. The second kappa shape index (κ2) is 7.86. The molecule has 2 rings (SSSR count). The number of nitrogens with zero attached hydrogens (tertiary/aromatic N) is 2. The number of amides is 1. The van der Waals surface area contributed by atoms with E-state index in [4.69, 9.17) is 23.2 Å². The van der Waals surface area contributed by atoms with Gasteiger partial charge in [0.05, 0.1) is 16.9 Å². The van der Waals surface area contributed by atoms with Crippen molar-refractivity contribution in [2.45, 2.75) is 34.1 Å². The Morgan fingerprint density at radius 3 is 2.62 bits per heavy atom. The Bertz CT molecular complexity index is 779. The fraction of sp³-hybridized carbons (Fsp3) is 0.333. The number of hydrogen-bond donors (Lipinski definition) is 1. The first-order valence-corrected chi connectivity index (χ1v) is 8.51. The van der Waals surface area contributed by atoms with Crippen molar-refractivity contribution >= 4 is 35.3 Å². The van der Waals surface area contributed by atoms with Crippen molar-refractivity contribution in [3.8, 4) is 5.69 Å². The second-order valence-corrected chi connectivity index (χ2v) is 6.99. The molecule has 0 spiro atoms. The van der Waals surface area contributed by atoms with Crippen molar-refractivity contribution < 1.29 is 4.79 Å². The molecule has 0 saturated carbocycles. The topological polar surface area (TPSA) is 46.4 Å². The molecule has 4 nitrogen and oxygen atoms in total. The molecule has 0 fully saturated rings. The zero-order valence-electron chi connectivity index (χ0n) is 14.2. The lowest BCUT2D eigenvalue weighted by molar-refractivity contribution is -0.121. The molecule has 0 atom stereocenters. The van der Waals surface area contributed by atoms with E-state index < -0.39 is 0 Å². The fourth-order valence-electron chi connectivity index (χ4n) is 2.54. The number of halogens is 2. The van der Waals surface area contributed by atoms with Gasteiger partial charge in [-0.25, -0.2) is 5.43 Å². The quantitative estimate of drug-likeness (QED) is 0.594. The minimum atomic E-state index is -0.0872. The van der Waals surface area contributed by atoms with Crippen molar-refractivity contribution in [3.05, 3.63) is 51.3 Å². The number of hydrogen-bond acceptors (Lipinski definition) is 2. The van der Waals surface area contributed by atoms with Crippen LogP contribution in [0.2, 0.25) is 10.0 Å². The van der Waals surface area contributed by atoms with Gasteiger partial charge in [-0.3, -0.25) is 4.79 Å². The number of rotatable bonds is 5. The van der Waals surface area contributed by atoms with E-state index >= 15 is 0 Å². The van der Waals surface area contributed by atoms with Gasteiger partial charge in [0.1, 0.15) is 0 Å². The lowest BCUT2D eigenvalue weighted by atomic mass is 10.1. The van der Waals surface area contributed by atoms with Crippen LogP contribution in [0.5, 0.6) is 0 Å². The van der Waals surface area contributed by atoms with Crippen LogP contribution in [0.4, 0.5) is 0 Å². The van der Waals surface area contributed by atoms with Crippen LogP contribution in [-0.4, -0.2) is 16.7 Å². The number of aromatic nitrogens is 1. The average Bonchev–Trinajstić information content (AvgIpc) is 2.74. The third-order valence-corrected chi connectivity index (χ3v) is 4.15. The lowest BCUT2D eigenvalue weighted by Gasteiger charge is -2.11. The molecule has 128 valence electrons. The second-order valence-electron chi connectivity index (χ2n) is 6.15. The summed E-state index contributed by atoms with van der Waals surface area (Å²) in [5.41, 5.74) is 6.34. The van der Waals surface area contributed by atoms with Gasteiger partial charge in [0.15, 0.2) is 0 Å². The van der Waals surface area contributed by atoms with E-state index in [2.05, 4.69) is 10.5 Å². The Kier molecular flexibility index (Phi) is 6.08. The number of benzene rings is 1. The van der Waals surface area contributed by atoms with Gasteiger partial charge in [0.2, 0.25) is 5.91 Å². The summed E-state index contributed by atoms with van der Waals surface area (Å²) in [4.78, 5) is 11.6. The van der Waals surface area contributed by atoms with E-state index in [-0.39, 0.29) is 5.91 Å². The summed E-state index contributed by atoms with van der Waals surface area (Å²) in [7, 11) is 0. The first-order chi connectivity index (χ1) is 11.3. The summed E-state index contributed by atoms with van der Waals surface area (Å²) in [5, 5.41) is 5.23. The summed E-state index contributed by atoms with van der Waals surface area (Å²) in [6.07, 6.45) is 2.11. The zero-order valence-corrected chi connectivity index (χ0v) is 15.7. The molecule has 0 saturated heterocycles. The van der Waals surface area contributed by atoms with Crippen LogP contribution >= 0.6 is 23.2 Å². The molecule has 1 aromatic carbocycles. The van der Waals surface area contributed by atoms with Crippen LogP contribution in [0, 0.1) is 19.8 Å². The van der Waals surface area contributed by atoms with Crippen molar-refractivity contribution in [3.63, 3.8) is 0 Å². The maximum Gasteiger partial charge on any atom is 0.240 e. The Hall–Kier alpha value is -1.78. The van der Waals surface area contributed by atoms with Gasteiger partial charge in [0.25, 0.3) is 0 Å². The number of aryl methyl sites for hydroxylation is 1. The van der Waals surface area contributed by atoms with Crippen LogP contribution < -0.4 is 5.43 Å². The molecule has 1 N–H and O–H groups in total. The smallest absolute Gasteiger partial charge is 0.240 e. The molecule has 0 bridgehead atoms. The largest absolute Gasteiger partial charge is 0.316 e. The summed E-state index contributed by atoms with van der Waals surface area (Å²) >= 11 is 12.3. The van der Waals surface area contributed by atoms with Crippen molar-refractivity contribution in [1.29, 1.82) is 0 Å². The maximum absolute atomic E-state index is 11.6. The van der Waals surface area contributed by atoms with Gasteiger partial charge in [-0.15, -0.1) is 0 Å². The highest BCUT2D eigenvalue weighted by Gasteiger charge is 2.12. The number of hydrazone groups is 1. The SMILES string of the molecule is Cc1cc(/C=N\NC(=O)CC(C)C)c(C)n1-c1ccc(Cl)cc1Cl. The van der Waals surface area contributed by atoms with Crippen LogP contribution in [0.15, 0.2) is 29.4 Å². The minimum absolute atomic E-state index is 0.0872. The molecule has 1 amide bonds. The van der Waals surface area contributed by atoms with E-state index in [1.54, 1.807) is 12.3 Å². The predicted molar refractivity (Wildman–Crippen MR) is 100 cm³/mol. The fourth-order valence-corrected chi connectivity index (χ4v) is 3.03. The lowest BCUT2D eigenvalue weighted by Crippen LogP contribution is -2.19. The summed E-state index contributed by atoms with van der Waals surface area (Å²) < 4.78 is 2.04. The van der Waals surface area contributed by atoms with Gasteiger partial charge >= 0.3 is 0 Å². The molecule has 6 heteroatoms. The average molecular weight is 366 g/mol. The first-order valence-electron chi connectivity index (χ1n) is 7.76. The van der Waals surface area contributed by atoms with E-state index in [0.717, 1.165) is 22.6 Å². The molecule has 2 aromatic rings. The van der Waals surface area contributed by atoms with Crippen LogP contribution in [0.25, 0.3) is 5.69 Å². The standard InChI is InChI=1S/C18H21Cl2N3O/c1-11(2)7-18(24)22-21-10-14-8-12(3)23(13(14)4)17-6-5-15(19)9-16(17)20/h5-6,8-11H,7H2,1-4H3,(H,22,24)/b21-10-. The molecule has 0 radical (unpaired) electrons. The van der Waals surface area contributed by atoms with E-state index in [9.17, 15) is 4.79 Å². The highest BCUT2D eigenvalue weighted by atomic mass is 35.5. The van der Waals surface area contributed by atoms with Crippen molar-refractivity contribution in [2.24, 2.45) is 11.0 Å². The highest BCUT2D eigenvalue weighted by Crippen LogP contribution is 2.28. The number of carbonyl (C=O) groups excluding carboxylic acids is 1. The van der Waals surface area contributed by atoms with Crippen molar-refractivity contribution in [1.82, 2.24) is 9.99 Å². The molecule has 0 unspecified atom stereocenters. The van der Waals surface area contributed by atoms with E-state index in [1.165, 1.54) is 0 Å². The molecule has 0 aliphatic rings. The van der Waals surface area contributed by atoms with Gasteiger partial charge < -0.3 is 4.57 Å². The summed E-state index contributed by atoms with van der Waals surface area (Å²) in [5.74, 6) is 0.216. The number of nitrogens with one attached hydrogen (secondary N) is 1. The van der Waals surface area contributed by atoms with Crippen molar-refractivity contribution in [2.75, 3.05) is 0 Å². The molecule has 24 heavy (non-hydrogen) atoms. The minimum Gasteiger partial charge on any atom is -0.316 e. The van der Waals surface area contributed by atoms with Gasteiger partial charge in [-0.1, -0.05) is 37.0 Å². The van der Waals surface area contributed by atoms with Crippen LogP contribution in [-0.2, 0) is 4.79 Å². The number of carbonyl (C=O) groups is 1. The highest BCUT2D eigenvalue weighted by molar-refractivity contribution is 6.35. The maximum atomic E-state index is 11.6. The van der Waals surface area contributed by atoms with E-state index in [1.807, 2.05) is 50.5 Å². The molecule has 1 aromatic heterocycles. The predicted octanol–water partition coefficient (Wildman–Crippen LogP) is 4.90. The van der Waals surface area contributed by atoms with E-state index in [0.29, 0.717) is 22.4 Å². The monoisotopic (exact) mass is 365 g/mol. The molecule has 0 aliphatic carbocycles. The van der Waals surface area contributed by atoms with Crippen LogP contribution in [0.1, 0.15) is 37.2 Å². The Morgan fingerprint density at radius 1 is 1.29 bits per heavy atom. The molecule has 0 aliphatic heterocycles. The summed E-state index contributed by atoms with van der Waals surface area (Å²) in [6, 6.07) is 7.41. The summed E-state index contributed by atoms with van der Waals surface area (Å²) in [6.45, 7) is 7.96. The molecular formula is C18H21Cl2N3O. The Morgan fingerprint density at radius 2 is 2.00 bits per heavy atom. The zero-order chi connectivity index (χ0) is 17.9. The normalized spacial score (nSPS) is 11.5. The van der Waals surface area contributed by atoms with Gasteiger partial charge in [0, 0.05) is 28.4 Å². The van der Waals surface area contributed by atoms with Gasteiger partial charge in [-0.2, -0.15) is 5.10 Å². The third-order valence-electron chi connectivity index (χ3n) is 3.61. The Balaban J connectivity index is 2.24. The van der Waals surface area contributed by atoms with Gasteiger partial charge in [-0.05, 0) is 44.0 Å². The molecule has 1 heterocycles. The third kappa shape index (κ3) is 4.40. The van der Waals surface area contributed by atoms with Crippen LogP contribution in [0.3, 0.4) is 0 Å². The molecular weight excluding hydrogens is 345 g/mol.